The molecule has 1 saturated carbocycles. The van der Waals surface area contributed by atoms with Crippen molar-refractivity contribution in [3.05, 3.63) is 24.0 Å². The number of hydrogen-bond acceptors (Lipinski definition) is 3. The zero-order valence-electron chi connectivity index (χ0n) is 13.9. The van der Waals surface area contributed by atoms with Crippen LogP contribution in [0.5, 0.6) is 11.5 Å². The summed E-state index contributed by atoms with van der Waals surface area (Å²) in [5.41, 5.74) is -0.869. The molecule has 0 saturated heterocycles. The van der Waals surface area contributed by atoms with Crippen LogP contribution in [0.3, 0.4) is 0 Å². The van der Waals surface area contributed by atoms with Crippen molar-refractivity contribution in [1.29, 1.82) is 0 Å². The summed E-state index contributed by atoms with van der Waals surface area (Å²) < 4.78 is 25.3. The second-order valence-electron chi connectivity index (χ2n) is 6.98. The molecule has 1 aliphatic rings. The van der Waals surface area contributed by atoms with Gasteiger partial charge >= 0.3 is 5.97 Å². The highest BCUT2D eigenvalue weighted by atomic mass is 19.1. The SMILES string of the molecule is CCC(C)(C)C(=O)Oc1ccc(OC2(C)CCCC2)c(F)c1. The Balaban J connectivity index is 2.08. The van der Waals surface area contributed by atoms with Crippen LogP contribution < -0.4 is 9.47 Å². The van der Waals surface area contributed by atoms with Crippen molar-refractivity contribution in [2.75, 3.05) is 0 Å². The van der Waals surface area contributed by atoms with Crippen molar-refractivity contribution in [3.63, 3.8) is 0 Å². The summed E-state index contributed by atoms with van der Waals surface area (Å²) in [5.74, 6) is -0.412. The molecule has 122 valence electrons. The first-order valence-corrected chi connectivity index (χ1v) is 7.97. The number of halogens is 1. The molecule has 1 aliphatic carbocycles. The Morgan fingerprint density at radius 3 is 2.50 bits per heavy atom. The normalized spacial score (nSPS) is 17.3. The van der Waals surface area contributed by atoms with E-state index in [9.17, 15) is 9.18 Å². The minimum Gasteiger partial charge on any atom is -0.485 e. The van der Waals surface area contributed by atoms with Crippen molar-refractivity contribution in [2.24, 2.45) is 5.41 Å². The fourth-order valence-electron chi connectivity index (χ4n) is 2.51. The molecule has 2 rings (SSSR count). The molecule has 0 spiro atoms. The highest BCUT2D eigenvalue weighted by Crippen LogP contribution is 2.36. The number of carbonyl (C=O) groups excluding carboxylic acids is 1. The predicted molar refractivity (Wildman–Crippen MR) is 83.6 cm³/mol. The predicted octanol–water partition coefficient (Wildman–Crippen LogP) is 4.88. The van der Waals surface area contributed by atoms with Crippen LogP contribution >= 0.6 is 0 Å². The van der Waals surface area contributed by atoms with Crippen LogP contribution in [-0.4, -0.2) is 11.6 Å². The van der Waals surface area contributed by atoms with Gasteiger partial charge in [0.1, 0.15) is 11.4 Å². The molecule has 1 aromatic carbocycles. The maximum absolute atomic E-state index is 14.2. The van der Waals surface area contributed by atoms with E-state index in [1.54, 1.807) is 12.1 Å². The summed E-state index contributed by atoms with van der Waals surface area (Å²) in [6.45, 7) is 7.55. The third-order valence-electron chi connectivity index (χ3n) is 4.57. The Morgan fingerprint density at radius 1 is 1.32 bits per heavy atom. The average molecular weight is 308 g/mol. The van der Waals surface area contributed by atoms with Crippen molar-refractivity contribution in [1.82, 2.24) is 0 Å². The van der Waals surface area contributed by atoms with Gasteiger partial charge in [-0.15, -0.1) is 0 Å². The van der Waals surface area contributed by atoms with Gasteiger partial charge in [0, 0.05) is 6.07 Å². The van der Waals surface area contributed by atoms with E-state index in [4.69, 9.17) is 9.47 Å². The third-order valence-corrected chi connectivity index (χ3v) is 4.57. The number of benzene rings is 1. The summed E-state index contributed by atoms with van der Waals surface area (Å²) in [6.07, 6.45) is 4.76. The van der Waals surface area contributed by atoms with Gasteiger partial charge in [0.25, 0.3) is 0 Å². The van der Waals surface area contributed by atoms with Gasteiger partial charge in [0.2, 0.25) is 0 Å². The standard InChI is InChI=1S/C18H25FO3/c1-5-17(2,3)16(20)21-13-8-9-15(14(19)12-13)22-18(4)10-6-7-11-18/h8-9,12H,5-7,10-11H2,1-4H3. The fraction of sp³-hybridized carbons (Fsp3) is 0.611. The van der Waals surface area contributed by atoms with Crippen molar-refractivity contribution in [2.45, 2.75) is 65.4 Å². The quantitative estimate of drug-likeness (QED) is 0.574. The molecule has 0 bridgehead atoms. The first-order valence-electron chi connectivity index (χ1n) is 7.97. The lowest BCUT2D eigenvalue weighted by Gasteiger charge is -2.26. The van der Waals surface area contributed by atoms with E-state index >= 15 is 0 Å². The Labute approximate surface area is 131 Å². The molecule has 0 unspecified atom stereocenters. The molecule has 4 heteroatoms. The molecule has 22 heavy (non-hydrogen) atoms. The minimum absolute atomic E-state index is 0.216. The van der Waals surface area contributed by atoms with E-state index in [0.29, 0.717) is 6.42 Å². The van der Waals surface area contributed by atoms with E-state index < -0.39 is 11.2 Å². The average Bonchev–Trinajstić information content (AvgIpc) is 2.88. The zero-order valence-corrected chi connectivity index (χ0v) is 13.9. The first-order chi connectivity index (χ1) is 10.3. The van der Waals surface area contributed by atoms with Gasteiger partial charge in [-0.2, -0.15) is 0 Å². The first kappa shape index (κ1) is 16.8. The van der Waals surface area contributed by atoms with E-state index in [0.717, 1.165) is 25.7 Å². The number of carbonyl (C=O) groups is 1. The summed E-state index contributed by atoms with van der Waals surface area (Å²) in [4.78, 5) is 12.0. The molecule has 0 atom stereocenters. The molecule has 0 aliphatic heterocycles. The molecule has 1 aromatic rings. The Hall–Kier alpha value is -1.58. The molecule has 0 heterocycles. The van der Waals surface area contributed by atoms with Gasteiger partial charge in [-0.3, -0.25) is 4.79 Å². The van der Waals surface area contributed by atoms with Crippen LogP contribution in [0.15, 0.2) is 18.2 Å². The molecule has 0 amide bonds. The van der Waals surface area contributed by atoms with Crippen LogP contribution in [0.1, 0.15) is 59.8 Å². The van der Waals surface area contributed by atoms with Crippen LogP contribution in [0, 0.1) is 11.2 Å². The van der Waals surface area contributed by atoms with Crippen molar-refractivity contribution in [3.8, 4) is 11.5 Å². The van der Waals surface area contributed by atoms with Crippen LogP contribution in [0.2, 0.25) is 0 Å². The largest absolute Gasteiger partial charge is 0.485 e. The monoisotopic (exact) mass is 308 g/mol. The number of ether oxygens (including phenoxy) is 2. The Morgan fingerprint density at radius 2 is 1.95 bits per heavy atom. The van der Waals surface area contributed by atoms with Gasteiger partial charge in [-0.05, 0) is 65.0 Å². The zero-order chi connectivity index (χ0) is 16.4. The second-order valence-corrected chi connectivity index (χ2v) is 6.98. The van der Waals surface area contributed by atoms with Gasteiger partial charge in [-0.25, -0.2) is 4.39 Å². The van der Waals surface area contributed by atoms with E-state index in [1.807, 2.05) is 27.7 Å². The van der Waals surface area contributed by atoms with E-state index in [-0.39, 0.29) is 23.1 Å². The number of hydrogen-bond donors (Lipinski definition) is 0. The van der Waals surface area contributed by atoms with E-state index in [2.05, 4.69) is 0 Å². The molecule has 3 nitrogen and oxygen atoms in total. The summed E-state index contributed by atoms with van der Waals surface area (Å²) in [5, 5.41) is 0. The lowest BCUT2D eigenvalue weighted by atomic mass is 9.91. The van der Waals surface area contributed by atoms with Crippen LogP contribution in [0.4, 0.5) is 4.39 Å². The molecular formula is C18H25FO3. The lowest BCUT2D eigenvalue weighted by Crippen LogP contribution is -2.29. The smallest absolute Gasteiger partial charge is 0.316 e. The third kappa shape index (κ3) is 3.79. The summed E-state index contributed by atoms with van der Waals surface area (Å²) in [6, 6.07) is 4.35. The molecule has 0 N–H and O–H groups in total. The number of rotatable bonds is 5. The fourth-order valence-corrected chi connectivity index (χ4v) is 2.51. The summed E-state index contributed by atoms with van der Waals surface area (Å²) >= 11 is 0. The maximum atomic E-state index is 14.2. The van der Waals surface area contributed by atoms with Crippen LogP contribution in [-0.2, 0) is 4.79 Å². The Bertz CT molecular complexity index is 545. The topological polar surface area (TPSA) is 35.5 Å². The maximum Gasteiger partial charge on any atom is 0.316 e. The highest BCUT2D eigenvalue weighted by Gasteiger charge is 2.32. The van der Waals surface area contributed by atoms with E-state index in [1.165, 1.54) is 6.07 Å². The molecule has 1 fully saturated rings. The molecule has 0 radical (unpaired) electrons. The van der Waals surface area contributed by atoms with Crippen LogP contribution in [0.25, 0.3) is 0 Å². The number of esters is 1. The van der Waals surface area contributed by atoms with Gasteiger partial charge in [-0.1, -0.05) is 6.92 Å². The highest BCUT2D eigenvalue weighted by molar-refractivity contribution is 5.78. The lowest BCUT2D eigenvalue weighted by molar-refractivity contribution is -0.144. The van der Waals surface area contributed by atoms with Gasteiger partial charge in [0.15, 0.2) is 11.6 Å². The minimum atomic E-state index is -0.580. The van der Waals surface area contributed by atoms with Crippen molar-refractivity contribution >= 4 is 5.97 Å². The second kappa shape index (κ2) is 6.27. The van der Waals surface area contributed by atoms with Crippen molar-refractivity contribution < 1.29 is 18.7 Å². The van der Waals surface area contributed by atoms with Gasteiger partial charge in [0.05, 0.1) is 5.41 Å². The molecular weight excluding hydrogens is 283 g/mol. The van der Waals surface area contributed by atoms with Gasteiger partial charge < -0.3 is 9.47 Å². The summed E-state index contributed by atoms with van der Waals surface area (Å²) in [7, 11) is 0. The Kier molecular flexibility index (Phi) is 4.78. The molecule has 0 aromatic heterocycles.